The summed E-state index contributed by atoms with van der Waals surface area (Å²) in [4.78, 5) is 16.2. The number of piperazine rings is 1. The first-order chi connectivity index (χ1) is 11.0. The molecule has 0 unspecified atom stereocenters. The number of carbonyl (C=O) groups excluding carboxylic acids is 1. The predicted octanol–water partition coefficient (Wildman–Crippen LogP) is 2.82. The molecule has 1 aromatic rings. The fraction of sp³-hybridized carbons (Fsp3) is 0.421. The van der Waals surface area contributed by atoms with Crippen LogP contribution in [0.15, 0.2) is 42.5 Å². The second-order valence-corrected chi connectivity index (χ2v) is 6.08. The van der Waals surface area contributed by atoms with Crippen LogP contribution in [0.4, 0.5) is 0 Å². The molecule has 1 aliphatic rings. The lowest BCUT2D eigenvalue weighted by molar-refractivity contribution is -0.127. The summed E-state index contributed by atoms with van der Waals surface area (Å²) < 4.78 is 5.61. The highest BCUT2D eigenvalue weighted by Crippen LogP contribution is 2.14. The maximum absolute atomic E-state index is 12.0. The molecule has 1 aromatic carbocycles. The van der Waals surface area contributed by atoms with Gasteiger partial charge in [-0.05, 0) is 38.6 Å². The van der Waals surface area contributed by atoms with E-state index in [0.717, 1.165) is 37.5 Å². The first-order valence-corrected chi connectivity index (χ1v) is 8.13. The molecule has 0 N–H and O–H groups in total. The molecule has 1 heterocycles. The summed E-state index contributed by atoms with van der Waals surface area (Å²) in [5.74, 6) is 0.960. The zero-order valence-electron chi connectivity index (χ0n) is 14.2. The Morgan fingerprint density at radius 3 is 2.35 bits per heavy atom. The minimum absolute atomic E-state index is 0.0865. The molecule has 4 heteroatoms. The van der Waals surface area contributed by atoms with Gasteiger partial charge in [0.15, 0.2) is 0 Å². The van der Waals surface area contributed by atoms with Crippen molar-refractivity contribution >= 4 is 12.0 Å². The smallest absolute Gasteiger partial charge is 0.246 e. The highest BCUT2D eigenvalue weighted by molar-refractivity contribution is 5.88. The van der Waals surface area contributed by atoms with Crippen LogP contribution in [-0.2, 0) is 4.79 Å². The van der Waals surface area contributed by atoms with Crippen molar-refractivity contribution in [1.29, 1.82) is 0 Å². The standard InChI is InChI=1S/C19H26N2O2/c1-16(2)23-18-10-8-17(9-11-18)6-4-5-7-19(22)21-14-12-20(3)13-15-21/h4-11,16H,12-15H2,1-3H3/b6-4+,7-5+. The normalized spacial score (nSPS) is 16.6. The second kappa shape index (κ2) is 8.53. The fourth-order valence-corrected chi connectivity index (χ4v) is 2.37. The Labute approximate surface area is 139 Å². The molecular weight excluding hydrogens is 288 g/mol. The largest absolute Gasteiger partial charge is 0.491 e. The molecule has 0 spiro atoms. The molecule has 0 saturated carbocycles. The van der Waals surface area contributed by atoms with Gasteiger partial charge in [0.05, 0.1) is 6.10 Å². The molecule has 1 aliphatic heterocycles. The van der Waals surface area contributed by atoms with E-state index in [0.29, 0.717) is 0 Å². The van der Waals surface area contributed by atoms with Crippen molar-refractivity contribution in [3.63, 3.8) is 0 Å². The van der Waals surface area contributed by atoms with Gasteiger partial charge >= 0.3 is 0 Å². The Morgan fingerprint density at radius 1 is 1.09 bits per heavy atom. The minimum Gasteiger partial charge on any atom is -0.491 e. The minimum atomic E-state index is 0.0865. The van der Waals surface area contributed by atoms with Gasteiger partial charge in [0, 0.05) is 32.3 Å². The van der Waals surface area contributed by atoms with Crippen molar-refractivity contribution in [3.8, 4) is 5.75 Å². The number of carbonyl (C=O) groups is 1. The molecule has 1 saturated heterocycles. The van der Waals surface area contributed by atoms with Crippen LogP contribution in [0, 0.1) is 0 Å². The van der Waals surface area contributed by atoms with Crippen LogP contribution in [0.25, 0.3) is 6.08 Å². The van der Waals surface area contributed by atoms with Crippen molar-refractivity contribution in [3.05, 3.63) is 48.1 Å². The van der Waals surface area contributed by atoms with E-state index in [4.69, 9.17) is 4.74 Å². The maximum Gasteiger partial charge on any atom is 0.246 e. The van der Waals surface area contributed by atoms with Gasteiger partial charge < -0.3 is 14.5 Å². The maximum atomic E-state index is 12.0. The summed E-state index contributed by atoms with van der Waals surface area (Å²) in [6, 6.07) is 7.92. The molecule has 23 heavy (non-hydrogen) atoms. The Morgan fingerprint density at radius 2 is 1.74 bits per heavy atom. The van der Waals surface area contributed by atoms with Crippen LogP contribution in [0.5, 0.6) is 5.75 Å². The molecular formula is C19H26N2O2. The van der Waals surface area contributed by atoms with Crippen LogP contribution >= 0.6 is 0 Å². The summed E-state index contributed by atoms with van der Waals surface area (Å²) >= 11 is 0. The Hall–Kier alpha value is -2.07. The van der Waals surface area contributed by atoms with Crippen LogP contribution < -0.4 is 4.74 Å². The molecule has 0 bridgehead atoms. The second-order valence-electron chi connectivity index (χ2n) is 6.08. The van der Waals surface area contributed by atoms with Gasteiger partial charge in [0.1, 0.15) is 5.75 Å². The van der Waals surface area contributed by atoms with Gasteiger partial charge in [-0.2, -0.15) is 0 Å². The SMILES string of the molecule is CC(C)Oc1ccc(/C=C/C=C/C(=O)N2CCN(C)CC2)cc1. The average Bonchev–Trinajstić information content (AvgIpc) is 2.53. The topological polar surface area (TPSA) is 32.8 Å². The fourth-order valence-electron chi connectivity index (χ4n) is 2.37. The molecule has 0 radical (unpaired) electrons. The summed E-state index contributed by atoms with van der Waals surface area (Å²) in [5.41, 5.74) is 1.08. The number of hydrogen-bond acceptors (Lipinski definition) is 3. The Kier molecular flexibility index (Phi) is 6.41. The summed E-state index contributed by atoms with van der Waals surface area (Å²) in [5, 5.41) is 0. The Balaban J connectivity index is 1.82. The molecule has 0 aliphatic carbocycles. The number of benzene rings is 1. The summed E-state index contributed by atoms with van der Waals surface area (Å²) in [6.45, 7) is 7.52. The van der Waals surface area contributed by atoms with Crippen molar-refractivity contribution in [2.45, 2.75) is 20.0 Å². The third-order valence-corrected chi connectivity index (χ3v) is 3.71. The number of nitrogens with zero attached hydrogens (tertiary/aromatic N) is 2. The van der Waals surface area contributed by atoms with Gasteiger partial charge in [0.25, 0.3) is 0 Å². The van der Waals surface area contributed by atoms with Crippen LogP contribution in [-0.4, -0.2) is 55.0 Å². The first kappa shape index (κ1) is 17.3. The van der Waals surface area contributed by atoms with Crippen LogP contribution in [0.1, 0.15) is 19.4 Å². The third-order valence-electron chi connectivity index (χ3n) is 3.71. The highest BCUT2D eigenvalue weighted by Gasteiger charge is 2.16. The van der Waals surface area contributed by atoms with Gasteiger partial charge in [0.2, 0.25) is 5.91 Å². The predicted molar refractivity (Wildman–Crippen MR) is 94.5 cm³/mol. The number of likely N-dealkylation sites (N-methyl/N-ethyl adjacent to an activating group) is 1. The molecule has 124 valence electrons. The molecule has 1 amide bonds. The number of amides is 1. The average molecular weight is 314 g/mol. The first-order valence-electron chi connectivity index (χ1n) is 8.13. The monoisotopic (exact) mass is 314 g/mol. The lowest BCUT2D eigenvalue weighted by Crippen LogP contribution is -2.46. The van der Waals surface area contributed by atoms with Gasteiger partial charge in [-0.1, -0.05) is 30.4 Å². The lowest BCUT2D eigenvalue weighted by Gasteiger charge is -2.31. The zero-order chi connectivity index (χ0) is 16.7. The van der Waals surface area contributed by atoms with Crippen molar-refractivity contribution in [2.24, 2.45) is 0 Å². The van der Waals surface area contributed by atoms with E-state index in [9.17, 15) is 4.79 Å². The lowest BCUT2D eigenvalue weighted by atomic mass is 10.2. The van der Waals surface area contributed by atoms with Gasteiger partial charge in [-0.3, -0.25) is 4.79 Å². The molecule has 0 atom stereocenters. The highest BCUT2D eigenvalue weighted by atomic mass is 16.5. The van der Waals surface area contributed by atoms with E-state index < -0.39 is 0 Å². The number of hydrogen-bond donors (Lipinski definition) is 0. The van der Waals surface area contributed by atoms with Gasteiger partial charge in [-0.25, -0.2) is 0 Å². The molecule has 2 rings (SSSR count). The van der Waals surface area contributed by atoms with E-state index in [1.807, 2.05) is 55.2 Å². The van der Waals surface area contributed by atoms with E-state index in [-0.39, 0.29) is 12.0 Å². The molecule has 1 fully saturated rings. The molecule has 4 nitrogen and oxygen atoms in total. The van der Waals surface area contributed by atoms with E-state index in [1.54, 1.807) is 12.2 Å². The zero-order valence-corrected chi connectivity index (χ0v) is 14.2. The summed E-state index contributed by atoms with van der Waals surface area (Å²) in [7, 11) is 2.08. The van der Waals surface area contributed by atoms with Crippen molar-refractivity contribution in [2.75, 3.05) is 33.2 Å². The number of allylic oxidation sites excluding steroid dienone is 2. The third kappa shape index (κ3) is 5.91. The molecule has 0 aromatic heterocycles. The Bertz CT molecular complexity index is 553. The number of ether oxygens (including phenoxy) is 1. The van der Waals surface area contributed by atoms with Crippen molar-refractivity contribution in [1.82, 2.24) is 9.80 Å². The summed E-state index contributed by atoms with van der Waals surface area (Å²) in [6.07, 6.45) is 7.50. The van der Waals surface area contributed by atoms with Gasteiger partial charge in [-0.15, -0.1) is 0 Å². The van der Waals surface area contributed by atoms with E-state index in [2.05, 4.69) is 11.9 Å². The van der Waals surface area contributed by atoms with Crippen molar-refractivity contribution < 1.29 is 9.53 Å². The quantitative estimate of drug-likeness (QED) is 0.619. The van der Waals surface area contributed by atoms with E-state index >= 15 is 0 Å². The van der Waals surface area contributed by atoms with E-state index in [1.165, 1.54) is 0 Å². The van der Waals surface area contributed by atoms with Crippen LogP contribution in [0.3, 0.4) is 0 Å². The number of rotatable bonds is 5. The van der Waals surface area contributed by atoms with Crippen LogP contribution in [0.2, 0.25) is 0 Å².